The molecule has 11 heteroatoms. The van der Waals surface area contributed by atoms with Gasteiger partial charge in [0.05, 0.1) is 12.0 Å². The Balaban J connectivity index is 1.67. The lowest BCUT2D eigenvalue weighted by atomic mass is 10.1. The van der Waals surface area contributed by atoms with Crippen LogP contribution in [0.25, 0.3) is 0 Å². The fraction of sp³-hybridized carbons (Fsp3) is 0.333. The molecule has 1 atom stereocenters. The number of methoxy groups -OCH3 is 1. The van der Waals surface area contributed by atoms with Crippen LogP contribution in [-0.2, 0) is 26.2 Å². The molecule has 2 amide bonds. The summed E-state index contributed by atoms with van der Waals surface area (Å²) in [5.41, 5.74) is 1.03. The molecule has 0 radical (unpaired) electrons. The third-order valence-electron chi connectivity index (χ3n) is 6.35. The fourth-order valence-electron chi connectivity index (χ4n) is 3.92. The number of sulfonamides is 1. The maximum atomic E-state index is 13.3. The summed E-state index contributed by atoms with van der Waals surface area (Å²) in [6.45, 7) is 4.11. The second-order valence-electron chi connectivity index (χ2n) is 9.42. The molecular formula is C30H36FN3O6S. The summed E-state index contributed by atoms with van der Waals surface area (Å²) in [5, 5.41) is 2.90. The van der Waals surface area contributed by atoms with E-state index < -0.39 is 27.8 Å². The zero-order valence-corrected chi connectivity index (χ0v) is 24.2. The van der Waals surface area contributed by atoms with Crippen LogP contribution in [0.2, 0.25) is 0 Å². The van der Waals surface area contributed by atoms with Crippen LogP contribution in [0.5, 0.6) is 11.5 Å². The Bertz CT molecular complexity index is 1380. The Labute approximate surface area is 240 Å². The minimum Gasteiger partial charge on any atom is -0.497 e. The van der Waals surface area contributed by atoms with Crippen LogP contribution < -0.4 is 19.5 Å². The van der Waals surface area contributed by atoms with Gasteiger partial charge in [-0.3, -0.25) is 14.3 Å². The van der Waals surface area contributed by atoms with Crippen LogP contribution in [0.3, 0.4) is 0 Å². The molecule has 0 saturated heterocycles. The fourth-order valence-corrected chi connectivity index (χ4v) is 4.98. The van der Waals surface area contributed by atoms with Gasteiger partial charge in [0.1, 0.15) is 23.4 Å². The van der Waals surface area contributed by atoms with Crippen LogP contribution in [0, 0.1) is 5.82 Å². The van der Waals surface area contributed by atoms with Gasteiger partial charge in [0, 0.05) is 18.8 Å². The first-order valence-corrected chi connectivity index (χ1v) is 14.8. The average molecular weight is 586 g/mol. The monoisotopic (exact) mass is 585 g/mol. The first-order valence-electron chi connectivity index (χ1n) is 13.3. The molecule has 0 heterocycles. The van der Waals surface area contributed by atoms with Crippen LogP contribution in [0.1, 0.15) is 38.7 Å². The van der Waals surface area contributed by atoms with Gasteiger partial charge in [0.25, 0.3) is 15.9 Å². The second kappa shape index (κ2) is 15.0. The van der Waals surface area contributed by atoms with Crippen molar-refractivity contribution >= 4 is 27.5 Å². The molecule has 0 spiro atoms. The number of hydrogen-bond donors (Lipinski definition) is 2. The average Bonchev–Trinajstić information content (AvgIpc) is 2.98. The van der Waals surface area contributed by atoms with E-state index in [-0.39, 0.29) is 35.4 Å². The molecule has 0 aromatic heterocycles. The highest BCUT2D eigenvalue weighted by molar-refractivity contribution is 7.92. The molecule has 0 aliphatic heterocycles. The van der Waals surface area contributed by atoms with Gasteiger partial charge in [-0.05, 0) is 79.6 Å². The number of ether oxygens (including phenoxy) is 2. The van der Waals surface area contributed by atoms with Gasteiger partial charge in [-0.2, -0.15) is 0 Å². The van der Waals surface area contributed by atoms with Crippen molar-refractivity contribution in [3.8, 4) is 11.5 Å². The molecule has 0 aliphatic rings. The molecule has 9 nitrogen and oxygen atoms in total. The molecule has 0 fully saturated rings. The molecule has 3 aromatic carbocycles. The first kappa shape index (κ1) is 31.4. The molecule has 3 rings (SSSR count). The lowest BCUT2D eigenvalue weighted by molar-refractivity contribution is -0.142. The van der Waals surface area contributed by atoms with Crippen LogP contribution in [-0.4, -0.2) is 51.4 Å². The van der Waals surface area contributed by atoms with E-state index in [2.05, 4.69) is 17.0 Å². The third kappa shape index (κ3) is 9.49. The zero-order chi connectivity index (χ0) is 29.8. The van der Waals surface area contributed by atoms with Gasteiger partial charge in [-0.15, -0.1) is 0 Å². The van der Waals surface area contributed by atoms with Gasteiger partial charge >= 0.3 is 0 Å². The lowest BCUT2D eigenvalue weighted by Gasteiger charge is -2.29. The molecule has 2 N–H and O–H groups in total. The van der Waals surface area contributed by atoms with Gasteiger partial charge in [-0.1, -0.05) is 31.9 Å². The van der Waals surface area contributed by atoms with E-state index in [4.69, 9.17) is 9.47 Å². The number of carbonyl (C=O) groups excluding carboxylic acids is 2. The van der Waals surface area contributed by atoms with Crippen molar-refractivity contribution in [2.24, 2.45) is 0 Å². The molecule has 3 aromatic rings. The number of halogens is 1. The number of amides is 2. The SMILES string of the molecule is CCCCCNC(=O)[C@H](C)N(Cc1ccc(OC)cc1)C(=O)COc1ccc(S(=O)(=O)Nc2ccc(F)cc2)cc1. The Morgan fingerprint density at radius 2 is 1.56 bits per heavy atom. The standard InChI is InChI=1S/C30H36FN3O6S/c1-4-5-6-19-32-30(36)22(2)34(20-23-7-13-26(39-3)14-8-23)29(35)21-40-27-15-17-28(18-16-27)41(37,38)33-25-11-9-24(31)10-12-25/h7-18,22,33H,4-6,19-21H2,1-3H3,(H,32,36)/t22-/m0/s1. The first-order chi connectivity index (χ1) is 19.6. The van der Waals surface area contributed by atoms with E-state index >= 15 is 0 Å². The number of benzene rings is 3. The Hall–Kier alpha value is -4.12. The second-order valence-corrected chi connectivity index (χ2v) is 11.1. The number of hydrogen-bond acceptors (Lipinski definition) is 6. The topological polar surface area (TPSA) is 114 Å². The number of unbranched alkanes of at least 4 members (excludes halogenated alkanes) is 2. The lowest BCUT2D eigenvalue weighted by Crippen LogP contribution is -2.49. The van der Waals surface area contributed by atoms with Crippen molar-refractivity contribution in [1.29, 1.82) is 0 Å². The summed E-state index contributed by atoms with van der Waals surface area (Å²) >= 11 is 0. The van der Waals surface area contributed by atoms with Crippen LogP contribution in [0.4, 0.5) is 10.1 Å². The van der Waals surface area contributed by atoms with Gasteiger partial charge in [0.15, 0.2) is 6.61 Å². The summed E-state index contributed by atoms with van der Waals surface area (Å²) < 4.78 is 51.7. The van der Waals surface area contributed by atoms with Crippen molar-refractivity contribution in [2.45, 2.75) is 50.6 Å². The molecule has 0 aliphatic carbocycles. The number of anilines is 1. The summed E-state index contributed by atoms with van der Waals surface area (Å²) in [4.78, 5) is 27.5. The highest BCUT2D eigenvalue weighted by atomic mass is 32.2. The normalized spacial score (nSPS) is 11.8. The van der Waals surface area contributed by atoms with Crippen molar-refractivity contribution in [1.82, 2.24) is 10.2 Å². The minimum absolute atomic E-state index is 0.0324. The van der Waals surface area contributed by atoms with Crippen LogP contribution >= 0.6 is 0 Å². The Kier molecular flexibility index (Phi) is 11.5. The number of nitrogens with one attached hydrogen (secondary N) is 2. The third-order valence-corrected chi connectivity index (χ3v) is 7.75. The van der Waals surface area contributed by atoms with E-state index in [0.29, 0.717) is 12.3 Å². The van der Waals surface area contributed by atoms with Crippen LogP contribution in [0.15, 0.2) is 77.7 Å². The summed E-state index contributed by atoms with van der Waals surface area (Å²) in [6.07, 6.45) is 2.89. The number of rotatable bonds is 15. The minimum atomic E-state index is -3.92. The highest BCUT2D eigenvalue weighted by Crippen LogP contribution is 2.20. The largest absolute Gasteiger partial charge is 0.497 e. The van der Waals surface area contributed by atoms with Crippen molar-refractivity contribution < 1.29 is 31.9 Å². The molecule has 0 bridgehead atoms. The summed E-state index contributed by atoms with van der Waals surface area (Å²) in [5.74, 6) is -0.193. The summed E-state index contributed by atoms with van der Waals surface area (Å²) in [6, 6.07) is 17.0. The van der Waals surface area contributed by atoms with Gasteiger partial charge < -0.3 is 19.7 Å². The summed E-state index contributed by atoms with van der Waals surface area (Å²) in [7, 11) is -2.35. The molecule has 220 valence electrons. The maximum absolute atomic E-state index is 13.3. The molecule has 0 unspecified atom stereocenters. The predicted molar refractivity (Wildman–Crippen MR) is 155 cm³/mol. The van der Waals surface area contributed by atoms with Crippen molar-refractivity contribution in [2.75, 3.05) is 25.0 Å². The maximum Gasteiger partial charge on any atom is 0.261 e. The number of nitrogens with zero attached hydrogens (tertiary/aromatic N) is 1. The van der Waals surface area contributed by atoms with Crippen molar-refractivity contribution in [3.63, 3.8) is 0 Å². The smallest absolute Gasteiger partial charge is 0.261 e. The number of carbonyl (C=O) groups is 2. The zero-order valence-electron chi connectivity index (χ0n) is 23.4. The van der Waals surface area contributed by atoms with Gasteiger partial charge in [0.2, 0.25) is 5.91 Å². The predicted octanol–water partition coefficient (Wildman–Crippen LogP) is 4.74. The molecular weight excluding hydrogens is 549 g/mol. The Morgan fingerprint density at radius 3 is 2.17 bits per heavy atom. The van der Waals surface area contributed by atoms with E-state index in [1.54, 1.807) is 26.2 Å². The van der Waals surface area contributed by atoms with Crippen molar-refractivity contribution in [3.05, 3.63) is 84.2 Å². The van der Waals surface area contributed by atoms with E-state index in [1.807, 2.05) is 12.1 Å². The quantitative estimate of drug-likeness (QED) is 0.249. The van der Waals surface area contributed by atoms with E-state index in [1.165, 1.54) is 41.3 Å². The van der Waals surface area contributed by atoms with Gasteiger partial charge in [-0.25, -0.2) is 12.8 Å². The molecule has 41 heavy (non-hydrogen) atoms. The molecule has 0 saturated carbocycles. The highest BCUT2D eigenvalue weighted by Gasteiger charge is 2.26. The van der Waals surface area contributed by atoms with E-state index in [9.17, 15) is 22.4 Å². The Morgan fingerprint density at radius 1 is 0.927 bits per heavy atom. The van der Waals surface area contributed by atoms with E-state index in [0.717, 1.165) is 37.0 Å².